The van der Waals surface area contributed by atoms with Crippen molar-refractivity contribution in [3.8, 4) is 11.4 Å². The highest BCUT2D eigenvalue weighted by molar-refractivity contribution is 6.03. The lowest BCUT2D eigenvalue weighted by Gasteiger charge is -2.06. The molecule has 3 aromatic rings. The van der Waals surface area contributed by atoms with E-state index in [-0.39, 0.29) is 17.8 Å². The number of hydrogen-bond acceptors (Lipinski definition) is 5. The summed E-state index contributed by atoms with van der Waals surface area (Å²) in [6.45, 7) is 0. The van der Waals surface area contributed by atoms with Crippen molar-refractivity contribution in [2.45, 2.75) is 0 Å². The Morgan fingerprint density at radius 1 is 0.864 bits per heavy atom. The third-order valence-electron chi connectivity index (χ3n) is 2.95. The molecule has 1 aromatic heterocycles. The van der Waals surface area contributed by atoms with E-state index < -0.39 is 0 Å². The molecule has 0 unspecified atom stereocenters. The first-order valence-corrected chi connectivity index (χ1v) is 6.66. The molecule has 0 atom stereocenters. The highest BCUT2D eigenvalue weighted by Gasteiger charge is 2.10. The molecule has 6 nitrogen and oxygen atoms in total. The number of carbonyl (C=O) groups is 1. The second-order valence-electron chi connectivity index (χ2n) is 4.53. The van der Waals surface area contributed by atoms with E-state index in [4.69, 9.17) is 5.73 Å². The molecule has 0 radical (unpaired) electrons. The second-order valence-corrected chi connectivity index (χ2v) is 4.53. The Morgan fingerprint density at radius 2 is 1.50 bits per heavy atom. The van der Waals surface area contributed by atoms with Gasteiger partial charge in [-0.3, -0.25) is 10.1 Å². The first-order chi connectivity index (χ1) is 10.7. The van der Waals surface area contributed by atoms with E-state index in [0.717, 1.165) is 5.56 Å². The quantitative estimate of drug-likeness (QED) is 0.772. The van der Waals surface area contributed by atoms with Gasteiger partial charge in [-0.25, -0.2) is 0 Å². The molecule has 3 N–H and O–H groups in total. The molecule has 1 heterocycles. The van der Waals surface area contributed by atoms with Crippen molar-refractivity contribution in [3.05, 3.63) is 66.2 Å². The predicted molar refractivity (Wildman–Crippen MR) is 84.1 cm³/mol. The van der Waals surface area contributed by atoms with Gasteiger partial charge in [0.25, 0.3) is 5.91 Å². The normalized spacial score (nSPS) is 10.2. The van der Waals surface area contributed by atoms with Crippen LogP contribution < -0.4 is 11.1 Å². The topological polar surface area (TPSA) is 93.8 Å². The lowest BCUT2D eigenvalue weighted by atomic mass is 10.2. The van der Waals surface area contributed by atoms with Gasteiger partial charge in [-0.1, -0.05) is 48.5 Å². The van der Waals surface area contributed by atoms with Gasteiger partial charge in [-0.2, -0.15) is 15.0 Å². The Labute approximate surface area is 127 Å². The molecule has 2 aromatic carbocycles. The van der Waals surface area contributed by atoms with Gasteiger partial charge in [0.2, 0.25) is 11.9 Å². The SMILES string of the molecule is Nc1nc(NC(=O)c2ccccc2)nc(-c2ccccc2)n1. The molecular formula is C16H13N5O. The van der Waals surface area contributed by atoms with Crippen LogP contribution in [0.15, 0.2) is 60.7 Å². The van der Waals surface area contributed by atoms with Crippen LogP contribution in [0.1, 0.15) is 10.4 Å². The van der Waals surface area contributed by atoms with Crippen molar-refractivity contribution < 1.29 is 4.79 Å². The monoisotopic (exact) mass is 291 g/mol. The van der Waals surface area contributed by atoms with E-state index in [9.17, 15) is 4.79 Å². The third kappa shape index (κ3) is 3.06. The molecule has 108 valence electrons. The Hall–Kier alpha value is -3.28. The number of nitrogen functional groups attached to an aromatic ring is 1. The van der Waals surface area contributed by atoms with Crippen molar-refractivity contribution >= 4 is 17.8 Å². The number of hydrogen-bond donors (Lipinski definition) is 2. The summed E-state index contributed by atoms with van der Waals surface area (Å²) in [5.74, 6) is 0.291. The van der Waals surface area contributed by atoms with Gasteiger partial charge in [-0.15, -0.1) is 0 Å². The van der Waals surface area contributed by atoms with Crippen molar-refractivity contribution in [1.29, 1.82) is 0 Å². The maximum atomic E-state index is 12.1. The van der Waals surface area contributed by atoms with Crippen molar-refractivity contribution in [1.82, 2.24) is 15.0 Å². The van der Waals surface area contributed by atoms with Gasteiger partial charge in [0.05, 0.1) is 0 Å². The number of rotatable bonds is 3. The fourth-order valence-corrected chi connectivity index (χ4v) is 1.93. The summed E-state index contributed by atoms with van der Waals surface area (Å²) in [5.41, 5.74) is 7.01. The van der Waals surface area contributed by atoms with E-state index in [1.807, 2.05) is 36.4 Å². The van der Waals surface area contributed by atoms with Crippen LogP contribution in [0.5, 0.6) is 0 Å². The van der Waals surface area contributed by atoms with Crippen LogP contribution in [0.3, 0.4) is 0 Å². The molecule has 0 saturated heterocycles. The highest BCUT2D eigenvalue weighted by atomic mass is 16.1. The van der Waals surface area contributed by atoms with Crippen molar-refractivity contribution in [2.75, 3.05) is 11.1 Å². The maximum Gasteiger partial charge on any atom is 0.258 e. The number of benzene rings is 2. The van der Waals surface area contributed by atoms with Gasteiger partial charge in [-0.05, 0) is 12.1 Å². The molecule has 22 heavy (non-hydrogen) atoms. The van der Waals surface area contributed by atoms with Crippen LogP contribution >= 0.6 is 0 Å². The zero-order valence-corrected chi connectivity index (χ0v) is 11.6. The smallest absolute Gasteiger partial charge is 0.258 e. The molecule has 3 rings (SSSR count). The van der Waals surface area contributed by atoms with Crippen molar-refractivity contribution in [3.63, 3.8) is 0 Å². The molecule has 0 aliphatic rings. The molecule has 6 heteroatoms. The minimum absolute atomic E-state index is 0.0530. The average molecular weight is 291 g/mol. The highest BCUT2D eigenvalue weighted by Crippen LogP contribution is 2.16. The zero-order valence-electron chi connectivity index (χ0n) is 11.6. The molecule has 1 amide bonds. The summed E-state index contributed by atoms with van der Waals surface area (Å²) < 4.78 is 0. The first kappa shape index (κ1) is 13.7. The summed E-state index contributed by atoms with van der Waals surface area (Å²) in [4.78, 5) is 24.4. The van der Waals surface area contributed by atoms with E-state index >= 15 is 0 Å². The van der Waals surface area contributed by atoms with Crippen LogP contribution in [-0.2, 0) is 0 Å². The standard InChI is InChI=1S/C16H13N5O/c17-15-18-13(11-7-3-1-4-8-11)19-16(21-15)20-14(22)12-9-5-2-6-10-12/h1-10H,(H3,17,18,19,20,21,22). The molecule has 0 fully saturated rings. The summed E-state index contributed by atoms with van der Waals surface area (Å²) in [7, 11) is 0. The first-order valence-electron chi connectivity index (χ1n) is 6.66. The number of carbonyl (C=O) groups excluding carboxylic acids is 1. The van der Waals surface area contributed by atoms with Crippen LogP contribution in [0, 0.1) is 0 Å². The van der Waals surface area contributed by atoms with E-state index in [1.165, 1.54) is 0 Å². The molecule has 0 aliphatic carbocycles. The van der Waals surface area contributed by atoms with E-state index in [1.54, 1.807) is 24.3 Å². The maximum absolute atomic E-state index is 12.1. The summed E-state index contributed by atoms with van der Waals surface area (Å²) in [5, 5.41) is 2.63. The summed E-state index contributed by atoms with van der Waals surface area (Å²) >= 11 is 0. The Balaban J connectivity index is 1.89. The van der Waals surface area contributed by atoms with E-state index in [0.29, 0.717) is 11.4 Å². The lowest BCUT2D eigenvalue weighted by Crippen LogP contribution is -2.15. The average Bonchev–Trinajstić information content (AvgIpc) is 2.56. The van der Waals surface area contributed by atoms with Gasteiger partial charge in [0.1, 0.15) is 0 Å². The minimum Gasteiger partial charge on any atom is -0.368 e. The Morgan fingerprint density at radius 3 is 2.18 bits per heavy atom. The number of nitrogens with two attached hydrogens (primary N) is 1. The molecular weight excluding hydrogens is 278 g/mol. The predicted octanol–water partition coefficient (Wildman–Crippen LogP) is 2.37. The number of amides is 1. The van der Waals surface area contributed by atoms with E-state index in [2.05, 4.69) is 20.3 Å². The fourth-order valence-electron chi connectivity index (χ4n) is 1.93. The molecule has 0 spiro atoms. The second kappa shape index (κ2) is 6.01. The van der Waals surface area contributed by atoms with Gasteiger partial charge in [0.15, 0.2) is 5.82 Å². The van der Waals surface area contributed by atoms with Gasteiger partial charge in [0, 0.05) is 11.1 Å². The lowest BCUT2D eigenvalue weighted by molar-refractivity contribution is 0.102. The molecule has 0 bridgehead atoms. The Bertz CT molecular complexity index is 790. The number of nitrogens with one attached hydrogen (secondary N) is 1. The van der Waals surface area contributed by atoms with Crippen LogP contribution in [0.2, 0.25) is 0 Å². The molecule has 0 saturated carbocycles. The number of nitrogens with zero attached hydrogens (tertiary/aromatic N) is 3. The van der Waals surface area contributed by atoms with Gasteiger partial charge >= 0.3 is 0 Å². The summed E-state index contributed by atoms with van der Waals surface area (Å²) in [6.07, 6.45) is 0. The Kier molecular flexibility index (Phi) is 3.74. The van der Waals surface area contributed by atoms with Crippen molar-refractivity contribution in [2.24, 2.45) is 0 Å². The van der Waals surface area contributed by atoms with Crippen LogP contribution in [0.4, 0.5) is 11.9 Å². The number of aromatic nitrogens is 3. The van der Waals surface area contributed by atoms with Gasteiger partial charge < -0.3 is 5.73 Å². The zero-order chi connectivity index (χ0) is 15.4. The van der Waals surface area contributed by atoms with Crippen LogP contribution in [-0.4, -0.2) is 20.9 Å². The fraction of sp³-hybridized carbons (Fsp3) is 0. The minimum atomic E-state index is -0.301. The number of anilines is 2. The summed E-state index contributed by atoms with van der Waals surface area (Å²) in [6, 6.07) is 18.2. The third-order valence-corrected chi connectivity index (χ3v) is 2.95. The largest absolute Gasteiger partial charge is 0.368 e. The van der Waals surface area contributed by atoms with Crippen LogP contribution in [0.25, 0.3) is 11.4 Å². The molecule has 0 aliphatic heterocycles.